The van der Waals surface area contributed by atoms with Crippen LogP contribution in [-0.4, -0.2) is 24.0 Å². The number of halogens is 1. The van der Waals surface area contributed by atoms with Gasteiger partial charge in [-0.25, -0.2) is 9.38 Å². The van der Waals surface area contributed by atoms with Crippen LogP contribution in [0.3, 0.4) is 0 Å². The third kappa shape index (κ3) is 1.78. The van der Waals surface area contributed by atoms with Crippen molar-refractivity contribution in [2.75, 3.05) is 13.2 Å². The molecule has 6 heteroatoms. The monoisotopic (exact) mass is 210 g/mol. The summed E-state index contributed by atoms with van der Waals surface area (Å²) in [6.45, 7) is 0.842. The summed E-state index contributed by atoms with van der Waals surface area (Å²) in [4.78, 5) is 13.8. The molecule has 5 nitrogen and oxygen atoms in total. The molecule has 0 bridgehead atoms. The molecule has 0 unspecified atom stereocenters. The fourth-order valence-electron chi connectivity index (χ4n) is 1.29. The summed E-state index contributed by atoms with van der Waals surface area (Å²) in [5.74, 6) is -0.433. The van der Waals surface area contributed by atoms with Crippen molar-refractivity contribution in [3.63, 3.8) is 0 Å². The minimum Gasteiger partial charge on any atom is -0.475 e. The first kappa shape index (κ1) is 9.57. The molecule has 0 fully saturated rings. The van der Waals surface area contributed by atoms with Gasteiger partial charge in [-0.05, 0) is 6.07 Å². The van der Waals surface area contributed by atoms with E-state index in [0.717, 1.165) is 18.2 Å². The fourth-order valence-corrected chi connectivity index (χ4v) is 1.29. The fraction of sp³-hybridized carbons (Fsp3) is 0.222. The first-order valence-corrected chi connectivity index (χ1v) is 4.30. The van der Waals surface area contributed by atoms with Crippen LogP contribution in [0.2, 0.25) is 0 Å². The Morgan fingerprint density at radius 3 is 2.93 bits per heavy atom. The third-order valence-electron chi connectivity index (χ3n) is 1.98. The molecular weight excluding hydrogens is 203 g/mol. The van der Waals surface area contributed by atoms with Crippen molar-refractivity contribution in [3.05, 3.63) is 39.7 Å². The van der Waals surface area contributed by atoms with Gasteiger partial charge in [0.25, 0.3) is 5.69 Å². The largest absolute Gasteiger partial charge is 0.475 e. The molecule has 1 aromatic carbocycles. The van der Waals surface area contributed by atoms with Crippen LogP contribution in [0.15, 0.2) is 23.2 Å². The Balaban J connectivity index is 2.45. The number of nitro benzene ring substituents is 1. The number of hydrogen-bond acceptors (Lipinski definition) is 4. The SMILES string of the molecule is O=[N+]([O-])c1ccc(F)c(C2=NCCO2)c1. The van der Waals surface area contributed by atoms with Gasteiger partial charge >= 0.3 is 0 Å². The maximum Gasteiger partial charge on any atom is 0.270 e. The van der Waals surface area contributed by atoms with Crippen LogP contribution in [-0.2, 0) is 4.74 Å². The molecule has 0 saturated carbocycles. The Hall–Kier alpha value is -1.98. The first-order valence-electron chi connectivity index (χ1n) is 4.30. The summed E-state index contributed by atoms with van der Waals surface area (Å²) < 4.78 is 18.3. The average Bonchev–Trinajstić information content (AvgIpc) is 2.71. The van der Waals surface area contributed by atoms with E-state index in [-0.39, 0.29) is 17.1 Å². The van der Waals surface area contributed by atoms with Crippen molar-refractivity contribution in [2.24, 2.45) is 4.99 Å². The quantitative estimate of drug-likeness (QED) is 0.549. The number of hydrogen-bond donors (Lipinski definition) is 0. The van der Waals surface area contributed by atoms with Crippen molar-refractivity contribution in [1.29, 1.82) is 0 Å². The summed E-state index contributed by atoms with van der Waals surface area (Å²) in [7, 11) is 0. The van der Waals surface area contributed by atoms with Crippen molar-refractivity contribution >= 4 is 11.6 Å². The second-order valence-corrected chi connectivity index (χ2v) is 2.96. The van der Waals surface area contributed by atoms with Crippen molar-refractivity contribution < 1.29 is 14.1 Å². The Bertz CT molecular complexity index is 445. The standard InChI is InChI=1S/C9H7FN2O3/c10-8-2-1-6(12(13)14)5-7(8)9-11-3-4-15-9/h1-2,5H,3-4H2. The van der Waals surface area contributed by atoms with E-state index in [9.17, 15) is 14.5 Å². The Morgan fingerprint density at radius 1 is 1.53 bits per heavy atom. The van der Waals surface area contributed by atoms with E-state index in [1.165, 1.54) is 0 Å². The van der Waals surface area contributed by atoms with Gasteiger partial charge in [0.2, 0.25) is 5.90 Å². The maximum absolute atomic E-state index is 13.3. The molecule has 0 aromatic heterocycles. The Labute approximate surface area is 84.3 Å². The number of aliphatic imine (C=N–C) groups is 1. The molecule has 78 valence electrons. The van der Waals surface area contributed by atoms with E-state index in [1.807, 2.05) is 0 Å². The third-order valence-corrected chi connectivity index (χ3v) is 1.98. The lowest BCUT2D eigenvalue weighted by Gasteiger charge is -2.02. The summed E-state index contributed by atoms with van der Waals surface area (Å²) >= 11 is 0. The summed E-state index contributed by atoms with van der Waals surface area (Å²) in [6, 6.07) is 3.27. The number of non-ortho nitro benzene ring substituents is 1. The van der Waals surface area contributed by atoms with Crippen LogP contribution in [0.4, 0.5) is 10.1 Å². The number of ether oxygens (including phenoxy) is 1. The molecule has 0 amide bonds. The van der Waals surface area contributed by atoms with Crippen LogP contribution >= 0.6 is 0 Å². The van der Waals surface area contributed by atoms with Gasteiger partial charge in [0.15, 0.2) is 0 Å². The molecule has 1 aromatic rings. The number of rotatable bonds is 2. The highest BCUT2D eigenvalue weighted by atomic mass is 19.1. The number of nitrogens with zero attached hydrogens (tertiary/aromatic N) is 2. The van der Waals surface area contributed by atoms with Gasteiger partial charge < -0.3 is 4.74 Å². The highest BCUT2D eigenvalue weighted by Crippen LogP contribution is 2.19. The van der Waals surface area contributed by atoms with Crippen LogP contribution in [0.25, 0.3) is 0 Å². The average molecular weight is 210 g/mol. The van der Waals surface area contributed by atoms with Gasteiger partial charge in [-0.15, -0.1) is 0 Å². The number of benzene rings is 1. The van der Waals surface area contributed by atoms with Crippen LogP contribution in [0.5, 0.6) is 0 Å². The minimum absolute atomic E-state index is 0.0432. The lowest BCUT2D eigenvalue weighted by Crippen LogP contribution is -2.05. The van der Waals surface area contributed by atoms with Crippen molar-refractivity contribution in [2.45, 2.75) is 0 Å². The predicted molar refractivity (Wildman–Crippen MR) is 50.4 cm³/mol. The van der Waals surface area contributed by atoms with Gasteiger partial charge in [-0.2, -0.15) is 0 Å². The van der Waals surface area contributed by atoms with E-state index in [2.05, 4.69) is 4.99 Å². The minimum atomic E-state index is -0.585. The van der Waals surface area contributed by atoms with Gasteiger partial charge in [-0.1, -0.05) is 0 Å². The smallest absolute Gasteiger partial charge is 0.270 e. The summed E-state index contributed by atoms with van der Waals surface area (Å²) in [5, 5.41) is 10.5. The molecule has 0 N–H and O–H groups in total. The van der Waals surface area contributed by atoms with Crippen LogP contribution in [0, 0.1) is 15.9 Å². The Morgan fingerprint density at radius 2 is 2.33 bits per heavy atom. The van der Waals surface area contributed by atoms with Gasteiger partial charge in [-0.3, -0.25) is 10.1 Å². The molecule has 0 spiro atoms. The van der Waals surface area contributed by atoms with Crippen LogP contribution < -0.4 is 0 Å². The van der Waals surface area contributed by atoms with Gasteiger partial charge in [0.05, 0.1) is 17.0 Å². The van der Waals surface area contributed by atoms with E-state index in [1.54, 1.807) is 0 Å². The number of nitro groups is 1. The lowest BCUT2D eigenvalue weighted by molar-refractivity contribution is -0.384. The van der Waals surface area contributed by atoms with E-state index in [4.69, 9.17) is 4.74 Å². The van der Waals surface area contributed by atoms with Crippen molar-refractivity contribution in [3.8, 4) is 0 Å². The molecule has 15 heavy (non-hydrogen) atoms. The highest BCUT2D eigenvalue weighted by molar-refractivity contribution is 5.95. The topological polar surface area (TPSA) is 64.7 Å². The highest BCUT2D eigenvalue weighted by Gasteiger charge is 2.18. The van der Waals surface area contributed by atoms with Crippen molar-refractivity contribution in [1.82, 2.24) is 0 Å². The van der Waals surface area contributed by atoms with Crippen LogP contribution in [0.1, 0.15) is 5.56 Å². The molecule has 0 radical (unpaired) electrons. The molecule has 1 aliphatic heterocycles. The zero-order chi connectivity index (χ0) is 10.8. The first-order chi connectivity index (χ1) is 7.18. The Kier molecular flexibility index (Phi) is 2.32. The molecule has 0 saturated heterocycles. The molecular formula is C9H7FN2O3. The van der Waals surface area contributed by atoms with E-state index < -0.39 is 10.7 Å². The predicted octanol–water partition coefficient (Wildman–Crippen LogP) is 1.51. The molecule has 1 heterocycles. The molecule has 1 aliphatic rings. The van der Waals surface area contributed by atoms with Gasteiger partial charge in [0, 0.05) is 12.1 Å². The van der Waals surface area contributed by atoms with Gasteiger partial charge in [0.1, 0.15) is 12.4 Å². The normalized spacial score (nSPS) is 14.6. The molecule has 0 aliphatic carbocycles. The lowest BCUT2D eigenvalue weighted by atomic mass is 10.2. The summed E-state index contributed by atoms with van der Waals surface area (Å²) in [5.41, 5.74) is -0.133. The zero-order valence-corrected chi connectivity index (χ0v) is 7.64. The molecule has 2 rings (SSSR count). The van der Waals surface area contributed by atoms with E-state index in [0.29, 0.717) is 13.2 Å². The maximum atomic E-state index is 13.3. The zero-order valence-electron chi connectivity index (χ0n) is 7.64. The second kappa shape index (κ2) is 3.64. The second-order valence-electron chi connectivity index (χ2n) is 2.96. The summed E-state index contributed by atoms with van der Waals surface area (Å²) in [6.07, 6.45) is 0. The molecule has 0 atom stereocenters. The van der Waals surface area contributed by atoms with E-state index >= 15 is 0 Å².